The SMILES string of the molecule is Cc1cc(Cl)c(COc2cccc3c(-n4cc(F)cn4)cc(C)nc23)c([C@H](C)N2CC[C@@H](OC(F)F)C2=O)c1. The van der Waals surface area contributed by atoms with Crippen LogP contribution >= 0.6 is 11.6 Å². The molecule has 2 atom stereocenters. The fourth-order valence-corrected chi connectivity index (χ4v) is 5.35. The molecule has 1 aliphatic heterocycles. The first-order valence-corrected chi connectivity index (χ1v) is 12.8. The van der Waals surface area contributed by atoms with Crippen LogP contribution in [0.3, 0.4) is 0 Å². The Labute approximate surface area is 228 Å². The lowest BCUT2D eigenvalue weighted by Crippen LogP contribution is -2.34. The number of ether oxygens (including phenoxy) is 2. The minimum absolute atomic E-state index is 0.0677. The molecule has 1 fully saturated rings. The number of amides is 1. The molecule has 0 N–H and O–H groups in total. The van der Waals surface area contributed by atoms with Gasteiger partial charge in [0.1, 0.15) is 24.0 Å². The van der Waals surface area contributed by atoms with Gasteiger partial charge < -0.3 is 14.4 Å². The molecular weight excluding hydrogens is 533 g/mol. The lowest BCUT2D eigenvalue weighted by Gasteiger charge is -2.28. The topological polar surface area (TPSA) is 69.5 Å². The van der Waals surface area contributed by atoms with Crippen molar-refractivity contribution in [1.29, 1.82) is 0 Å². The molecule has 0 unspecified atom stereocenters. The number of aryl methyl sites for hydroxylation is 2. The molecule has 204 valence electrons. The third-order valence-corrected chi connectivity index (χ3v) is 7.17. The summed E-state index contributed by atoms with van der Waals surface area (Å²) in [5.74, 6) is -0.448. The average molecular weight is 559 g/mol. The van der Waals surface area contributed by atoms with E-state index in [1.165, 1.54) is 15.8 Å². The number of nitrogens with zero attached hydrogens (tertiary/aromatic N) is 4. The fourth-order valence-electron chi connectivity index (χ4n) is 5.02. The second-order valence-electron chi connectivity index (χ2n) is 9.52. The molecule has 0 aliphatic carbocycles. The smallest absolute Gasteiger partial charge is 0.346 e. The minimum atomic E-state index is -3.02. The van der Waals surface area contributed by atoms with E-state index >= 15 is 0 Å². The van der Waals surface area contributed by atoms with Crippen LogP contribution < -0.4 is 4.74 Å². The number of hydrogen-bond donors (Lipinski definition) is 0. The van der Waals surface area contributed by atoms with Crippen LogP contribution in [0.25, 0.3) is 16.6 Å². The number of alkyl halides is 2. The van der Waals surface area contributed by atoms with Crippen LogP contribution in [-0.2, 0) is 16.1 Å². The Hall–Kier alpha value is -3.63. The molecule has 1 amide bonds. The molecule has 0 bridgehead atoms. The zero-order valence-corrected chi connectivity index (χ0v) is 22.3. The number of likely N-dealkylation sites (tertiary alicyclic amines) is 1. The Morgan fingerprint density at radius 2 is 2.00 bits per heavy atom. The molecule has 0 saturated carbocycles. The molecule has 2 aromatic carbocycles. The van der Waals surface area contributed by atoms with Crippen molar-refractivity contribution in [1.82, 2.24) is 19.7 Å². The summed E-state index contributed by atoms with van der Waals surface area (Å²) >= 11 is 6.67. The molecule has 3 heterocycles. The van der Waals surface area contributed by atoms with Crippen molar-refractivity contribution in [2.24, 2.45) is 0 Å². The minimum Gasteiger partial charge on any atom is -0.487 e. The maximum Gasteiger partial charge on any atom is 0.346 e. The second kappa shape index (κ2) is 10.9. The van der Waals surface area contributed by atoms with Gasteiger partial charge in [0.25, 0.3) is 5.91 Å². The van der Waals surface area contributed by atoms with E-state index in [2.05, 4.69) is 14.8 Å². The first-order chi connectivity index (χ1) is 18.6. The van der Waals surface area contributed by atoms with E-state index in [0.717, 1.165) is 22.7 Å². The lowest BCUT2D eigenvalue weighted by molar-refractivity contribution is -0.174. The van der Waals surface area contributed by atoms with Crippen LogP contribution in [0.1, 0.15) is 41.8 Å². The Bertz CT molecular complexity index is 1540. The van der Waals surface area contributed by atoms with Gasteiger partial charge in [0.05, 0.1) is 24.1 Å². The van der Waals surface area contributed by atoms with Crippen LogP contribution in [-0.4, -0.2) is 44.8 Å². The maximum atomic E-state index is 13.7. The summed E-state index contributed by atoms with van der Waals surface area (Å²) in [6.45, 7) is 2.88. The first-order valence-electron chi connectivity index (χ1n) is 12.4. The van der Waals surface area contributed by atoms with Gasteiger partial charge in [0.2, 0.25) is 0 Å². The number of fused-ring (bicyclic) bond motifs is 1. The van der Waals surface area contributed by atoms with Gasteiger partial charge in [0.15, 0.2) is 5.82 Å². The van der Waals surface area contributed by atoms with Crippen LogP contribution in [0.15, 0.2) is 48.8 Å². The Balaban J connectivity index is 1.46. The van der Waals surface area contributed by atoms with Crippen molar-refractivity contribution < 1.29 is 27.4 Å². The summed E-state index contributed by atoms with van der Waals surface area (Å²) < 4.78 is 51.4. The van der Waals surface area contributed by atoms with Gasteiger partial charge in [0, 0.05) is 34.6 Å². The molecule has 11 heteroatoms. The van der Waals surface area contributed by atoms with Crippen molar-refractivity contribution in [2.75, 3.05) is 6.54 Å². The van der Waals surface area contributed by atoms with E-state index in [4.69, 9.17) is 16.3 Å². The molecule has 5 rings (SSSR count). The molecule has 0 radical (unpaired) electrons. The predicted molar refractivity (Wildman–Crippen MR) is 140 cm³/mol. The number of carbonyl (C=O) groups is 1. The summed E-state index contributed by atoms with van der Waals surface area (Å²) in [6.07, 6.45) is 1.44. The second-order valence-corrected chi connectivity index (χ2v) is 9.93. The summed E-state index contributed by atoms with van der Waals surface area (Å²) in [5.41, 5.74) is 4.23. The number of carbonyl (C=O) groups excluding carboxylic acids is 1. The lowest BCUT2D eigenvalue weighted by atomic mass is 9.98. The maximum absolute atomic E-state index is 13.7. The number of benzene rings is 2. The Morgan fingerprint density at radius 1 is 1.21 bits per heavy atom. The number of aromatic nitrogens is 3. The highest BCUT2D eigenvalue weighted by Gasteiger charge is 2.38. The quantitative estimate of drug-likeness (QED) is 0.253. The molecular formula is C28H26ClF3N4O3. The fraction of sp³-hybridized carbons (Fsp3) is 0.321. The number of pyridine rings is 1. The third-order valence-electron chi connectivity index (χ3n) is 6.83. The van der Waals surface area contributed by atoms with Gasteiger partial charge >= 0.3 is 6.61 Å². The molecule has 7 nitrogen and oxygen atoms in total. The molecule has 1 aliphatic rings. The number of rotatable bonds is 8. The van der Waals surface area contributed by atoms with Crippen molar-refractivity contribution in [3.63, 3.8) is 0 Å². The van der Waals surface area contributed by atoms with Gasteiger partial charge in [-0.1, -0.05) is 29.8 Å². The van der Waals surface area contributed by atoms with E-state index in [-0.39, 0.29) is 19.6 Å². The van der Waals surface area contributed by atoms with E-state index in [9.17, 15) is 18.0 Å². The zero-order chi connectivity index (χ0) is 27.8. The van der Waals surface area contributed by atoms with Gasteiger partial charge in [-0.25, -0.2) is 14.1 Å². The van der Waals surface area contributed by atoms with Crippen LogP contribution in [0.4, 0.5) is 13.2 Å². The van der Waals surface area contributed by atoms with Crippen LogP contribution in [0.2, 0.25) is 5.02 Å². The van der Waals surface area contributed by atoms with Gasteiger partial charge in [-0.15, -0.1) is 0 Å². The number of para-hydroxylation sites is 1. The molecule has 2 aromatic heterocycles. The van der Waals surface area contributed by atoms with E-state index in [1.807, 2.05) is 45.0 Å². The number of halogens is 4. The van der Waals surface area contributed by atoms with E-state index in [1.54, 1.807) is 12.1 Å². The van der Waals surface area contributed by atoms with Gasteiger partial charge in [-0.3, -0.25) is 4.79 Å². The van der Waals surface area contributed by atoms with E-state index in [0.29, 0.717) is 33.2 Å². The average Bonchev–Trinajstić information content (AvgIpc) is 3.47. The van der Waals surface area contributed by atoms with Gasteiger partial charge in [-0.2, -0.15) is 13.9 Å². The standard InChI is InChI=1S/C28H26ClF3N4O3/c1-15-9-20(17(3)35-8-7-25(27(35)37)39-28(31)32)21(22(29)10-15)14-38-24-6-4-5-19-23(11-16(2)34-26(19)24)36-13-18(30)12-33-36/h4-6,9-13,17,25,28H,7-8,14H2,1-3H3/t17-,25+/m0/s1. The Kier molecular flexibility index (Phi) is 7.51. The molecule has 0 spiro atoms. The summed E-state index contributed by atoms with van der Waals surface area (Å²) in [6, 6.07) is 10.5. The summed E-state index contributed by atoms with van der Waals surface area (Å²) in [7, 11) is 0. The van der Waals surface area contributed by atoms with Crippen molar-refractivity contribution in [2.45, 2.75) is 52.6 Å². The largest absolute Gasteiger partial charge is 0.487 e. The Morgan fingerprint density at radius 3 is 2.72 bits per heavy atom. The highest BCUT2D eigenvalue weighted by Crippen LogP contribution is 2.35. The van der Waals surface area contributed by atoms with Crippen molar-refractivity contribution in [3.8, 4) is 11.4 Å². The van der Waals surface area contributed by atoms with Crippen molar-refractivity contribution in [3.05, 3.63) is 82.0 Å². The molecule has 4 aromatic rings. The molecule has 1 saturated heterocycles. The normalized spacial score (nSPS) is 16.5. The number of hydrogen-bond acceptors (Lipinski definition) is 5. The summed E-state index contributed by atoms with van der Waals surface area (Å²) in [4.78, 5) is 19.0. The first kappa shape index (κ1) is 27.0. The van der Waals surface area contributed by atoms with Gasteiger partial charge in [-0.05, 0) is 50.1 Å². The highest BCUT2D eigenvalue weighted by atomic mass is 35.5. The van der Waals surface area contributed by atoms with E-state index < -0.39 is 30.5 Å². The predicted octanol–water partition coefficient (Wildman–Crippen LogP) is 6.31. The van der Waals surface area contributed by atoms with Crippen LogP contribution in [0.5, 0.6) is 5.75 Å². The third kappa shape index (κ3) is 5.44. The monoisotopic (exact) mass is 558 g/mol. The van der Waals surface area contributed by atoms with Crippen molar-refractivity contribution >= 4 is 28.4 Å². The zero-order valence-electron chi connectivity index (χ0n) is 21.5. The molecule has 39 heavy (non-hydrogen) atoms. The summed E-state index contributed by atoms with van der Waals surface area (Å²) in [5, 5.41) is 5.27. The highest BCUT2D eigenvalue weighted by molar-refractivity contribution is 6.31. The van der Waals surface area contributed by atoms with Crippen LogP contribution in [0, 0.1) is 19.7 Å².